The molecule has 0 saturated carbocycles. The summed E-state index contributed by atoms with van der Waals surface area (Å²) in [5, 5.41) is 3.40. The smallest absolute Gasteiger partial charge is 0.257 e. The molecule has 2 fully saturated rings. The zero-order chi connectivity index (χ0) is 16.2. The summed E-state index contributed by atoms with van der Waals surface area (Å²) in [5.74, 6) is 1.29. The van der Waals surface area contributed by atoms with Crippen molar-refractivity contribution >= 4 is 18.3 Å². The summed E-state index contributed by atoms with van der Waals surface area (Å²) < 4.78 is 10.5. The fourth-order valence-corrected chi connectivity index (χ4v) is 3.39. The highest BCUT2D eigenvalue weighted by atomic mass is 35.5. The molecule has 1 aromatic carbocycles. The van der Waals surface area contributed by atoms with E-state index >= 15 is 0 Å². The zero-order valence-corrected chi connectivity index (χ0v) is 15.1. The molecule has 0 bridgehead atoms. The first-order valence-corrected chi connectivity index (χ1v) is 8.19. The van der Waals surface area contributed by atoms with Crippen LogP contribution in [0.1, 0.15) is 16.8 Å². The number of carbonyl (C=O) groups excluding carboxylic acids is 1. The lowest BCUT2D eigenvalue weighted by atomic mass is 10.1. The molecule has 3 rings (SSSR count). The van der Waals surface area contributed by atoms with Crippen LogP contribution in [0.3, 0.4) is 0 Å². The number of nitrogens with one attached hydrogen (secondary N) is 1. The third-order valence-electron chi connectivity index (χ3n) is 4.79. The molecular formula is C17H26ClN3O3. The molecule has 1 atom stereocenters. The Hall–Kier alpha value is -1.50. The van der Waals surface area contributed by atoms with Crippen LogP contribution in [0.2, 0.25) is 0 Å². The van der Waals surface area contributed by atoms with E-state index in [0.29, 0.717) is 23.1 Å². The summed E-state index contributed by atoms with van der Waals surface area (Å²) in [6, 6.07) is 5.97. The number of nitrogens with zero attached hydrogens (tertiary/aromatic N) is 2. The molecule has 0 aromatic heterocycles. The molecule has 2 aliphatic rings. The summed E-state index contributed by atoms with van der Waals surface area (Å²) >= 11 is 0. The summed E-state index contributed by atoms with van der Waals surface area (Å²) in [6.45, 7) is 5.59. The van der Waals surface area contributed by atoms with Crippen molar-refractivity contribution in [3.05, 3.63) is 23.8 Å². The number of hydrogen-bond donors (Lipinski definition) is 1. The number of ether oxygens (including phenoxy) is 2. The second-order valence-electron chi connectivity index (χ2n) is 6.04. The maximum absolute atomic E-state index is 12.8. The van der Waals surface area contributed by atoms with Crippen LogP contribution in [0.15, 0.2) is 18.2 Å². The highest BCUT2D eigenvalue weighted by molar-refractivity contribution is 5.97. The van der Waals surface area contributed by atoms with Crippen LogP contribution in [0, 0.1) is 0 Å². The number of amides is 1. The molecule has 2 saturated heterocycles. The van der Waals surface area contributed by atoms with E-state index in [9.17, 15) is 4.79 Å². The number of benzene rings is 1. The topological polar surface area (TPSA) is 54.0 Å². The van der Waals surface area contributed by atoms with Crippen molar-refractivity contribution in [2.75, 3.05) is 53.5 Å². The van der Waals surface area contributed by atoms with E-state index in [4.69, 9.17) is 9.47 Å². The normalized spacial score (nSPS) is 21.2. The second kappa shape index (κ2) is 8.55. The molecule has 134 valence electrons. The third-order valence-corrected chi connectivity index (χ3v) is 4.79. The Bertz CT molecular complexity index is 556. The van der Waals surface area contributed by atoms with Gasteiger partial charge in [0.05, 0.1) is 19.8 Å². The lowest BCUT2D eigenvalue weighted by Gasteiger charge is -2.38. The first kappa shape index (κ1) is 18.8. The SMILES string of the molecule is COc1ccc(C(=O)N2CCN(C3CCNC3)CC2)c(OC)c1.Cl. The minimum Gasteiger partial charge on any atom is -0.497 e. The summed E-state index contributed by atoms with van der Waals surface area (Å²) in [5.41, 5.74) is 0.601. The maximum Gasteiger partial charge on any atom is 0.257 e. The molecule has 7 heteroatoms. The van der Waals surface area contributed by atoms with E-state index in [2.05, 4.69) is 10.2 Å². The van der Waals surface area contributed by atoms with Gasteiger partial charge in [-0.1, -0.05) is 0 Å². The summed E-state index contributed by atoms with van der Waals surface area (Å²) in [6.07, 6.45) is 1.21. The molecule has 0 spiro atoms. The Morgan fingerprint density at radius 2 is 1.92 bits per heavy atom. The number of halogens is 1. The maximum atomic E-state index is 12.8. The lowest BCUT2D eigenvalue weighted by molar-refractivity contribution is 0.0581. The van der Waals surface area contributed by atoms with E-state index < -0.39 is 0 Å². The van der Waals surface area contributed by atoms with Gasteiger partial charge in [0.2, 0.25) is 0 Å². The van der Waals surface area contributed by atoms with Gasteiger partial charge in [-0.2, -0.15) is 0 Å². The van der Waals surface area contributed by atoms with Gasteiger partial charge in [-0.05, 0) is 25.1 Å². The zero-order valence-electron chi connectivity index (χ0n) is 14.3. The second-order valence-corrected chi connectivity index (χ2v) is 6.04. The van der Waals surface area contributed by atoms with Crippen molar-refractivity contribution in [3.63, 3.8) is 0 Å². The van der Waals surface area contributed by atoms with Crippen LogP contribution >= 0.6 is 12.4 Å². The van der Waals surface area contributed by atoms with Gasteiger partial charge in [0, 0.05) is 44.8 Å². The van der Waals surface area contributed by atoms with Gasteiger partial charge in [-0.15, -0.1) is 12.4 Å². The highest BCUT2D eigenvalue weighted by Crippen LogP contribution is 2.26. The number of methoxy groups -OCH3 is 2. The molecular weight excluding hydrogens is 330 g/mol. The molecule has 1 aromatic rings. The van der Waals surface area contributed by atoms with Crippen molar-refractivity contribution in [1.29, 1.82) is 0 Å². The van der Waals surface area contributed by atoms with Gasteiger partial charge in [-0.25, -0.2) is 0 Å². The minimum absolute atomic E-state index is 0. The minimum atomic E-state index is 0. The summed E-state index contributed by atoms with van der Waals surface area (Å²) in [4.78, 5) is 17.2. The monoisotopic (exact) mass is 355 g/mol. The van der Waals surface area contributed by atoms with Crippen LogP contribution in [0.25, 0.3) is 0 Å². The Kier molecular flexibility index (Phi) is 6.71. The number of hydrogen-bond acceptors (Lipinski definition) is 5. The highest BCUT2D eigenvalue weighted by Gasteiger charge is 2.29. The van der Waals surface area contributed by atoms with Crippen LogP contribution < -0.4 is 14.8 Å². The van der Waals surface area contributed by atoms with Crippen molar-refractivity contribution in [3.8, 4) is 11.5 Å². The molecule has 1 amide bonds. The average Bonchev–Trinajstić information content (AvgIpc) is 3.15. The fraction of sp³-hybridized carbons (Fsp3) is 0.588. The van der Waals surface area contributed by atoms with Crippen LogP contribution in [-0.2, 0) is 0 Å². The predicted molar refractivity (Wildman–Crippen MR) is 95.5 cm³/mol. The third kappa shape index (κ3) is 3.94. The molecule has 2 heterocycles. The standard InChI is InChI=1S/C17H25N3O3.ClH/c1-22-14-3-4-15(16(11-14)23-2)17(21)20-9-7-19(8-10-20)13-5-6-18-12-13;/h3-4,11,13,18H,5-10,12H2,1-2H3;1H. The molecule has 0 aliphatic carbocycles. The molecule has 0 radical (unpaired) electrons. The van der Waals surface area contributed by atoms with Gasteiger partial charge in [0.25, 0.3) is 5.91 Å². The molecule has 1 unspecified atom stereocenters. The van der Waals surface area contributed by atoms with E-state index in [0.717, 1.165) is 39.3 Å². The molecule has 6 nitrogen and oxygen atoms in total. The van der Waals surface area contributed by atoms with Gasteiger partial charge >= 0.3 is 0 Å². The lowest BCUT2D eigenvalue weighted by Crippen LogP contribution is -2.52. The summed E-state index contributed by atoms with van der Waals surface area (Å²) in [7, 11) is 3.18. The van der Waals surface area contributed by atoms with Crippen LogP contribution in [0.4, 0.5) is 0 Å². The Balaban J connectivity index is 0.00000208. The van der Waals surface area contributed by atoms with Crippen molar-refractivity contribution < 1.29 is 14.3 Å². The van der Waals surface area contributed by atoms with Gasteiger partial charge < -0.3 is 19.7 Å². The molecule has 1 N–H and O–H groups in total. The Labute approximate surface area is 149 Å². The molecule has 2 aliphatic heterocycles. The van der Waals surface area contributed by atoms with Crippen LogP contribution in [-0.4, -0.2) is 75.2 Å². The number of piperazine rings is 1. The molecule has 24 heavy (non-hydrogen) atoms. The van der Waals surface area contributed by atoms with Crippen molar-refractivity contribution in [2.24, 2.45) is 0 Å². The average molecular weight is 356 g/mol. The van der Waals surface area contributed by atoms with Crippen molar-refractivity contribution in [1.82, 2.24) is 15.1 Å². The first-order valence-electron chi connectivity index (χ1n) is 8.19. The van der Waals surface area contributed by atoms with E-state index in [1.165, 1.54) is 6.42 Å². The van der Waals surface area contributed by atoms with Gasteiger partial charge in [-0.3, -0.25) is 9.69 Å². The van der Waals surface area contributed by atoms with E-state index in [1.54, 1.807) is 32.4 Å². The quantitative estimate of drug-likeness (QED) is 0.880. The first-order chi connectivity index (χ1) is 11.2. The predicted octanol–water partition coefficient (Wildman–Crippen LogP) is 1.25. The Morgan fingerprint density at radius 1 is 1.17 bits per heavy atom. The van der Waals surface area contributed by atoms with Crippen LogP contribution in [0.5, 0.6) is 11.5 Å². The number of carbonyl (C=O) groups is 1. The van der Waals surface area contributed by atoms with E-state index in [1.807, 2.05) is 4.90 Å². The Morgan fingerprint density at radius 3 is 2.50 bits per heavy atom. The fourth-order valence-electron chi connectivity index (χ4n) is 3.39. The van der Waals surface area contributed by atoms with E-state index in [-0.39, 0.29) is 18.3 Å². The number of rotatable bonds is 4. The van der Waals surface area contributed by atoms with Crippen molar-refractivity contribution in [2.45, 2.75) is 12.5 Å². The largest absolute Gasteiger partial charge is 0.497 e. The van der Waals surface area contributed by atoms with Gasteiger partial charge in [0.15, 0.2) is 0 Å². The van der Waals surface area contributed by atoms with Gasteiger partial charge in [0.1, 0.15) is 11.5 Å².